The van der Waals surface area contributed by atoms with Crippen LogP contribution in [-0.2, 0) is 11.3 Å². The minimum atomic E-state index is 0.595. The van der Waals surface area contributed by atoms with E-state index in [-0.39, 0.29) is 0 Å². The molecule has 0 aliphatic heterocycles. The van der Waals surface area contributed by atoms with E-state index in [2.05, 4.69) is 53.3 Å². The van der Waals surface area contributed by atoms with Crippen LogP contribution in [0.25, 0.3) is 0 Å². The molecule has 29 heavy (non-hydrogen) atoms. The van der Waals surface area contributed by atoms with Crippen LogP contribution in [0.2, 0.25) is 0 Å². The largest absolute Gasteiger partial charge is 0.489 e. The maximum Gasteiger partial charge on any atom is 0.169 e. The minimum Gasteiger partial charge on any atom is -0.489 e. The zero-order chi connectivity index (χ0) is 21.3. The van der Waals surface area contributed by atoms with Crippen molar-refractivity contribution in [2.45, 2.75) is 38.6 Å². The third-order valence-corrected chi connectivity index (χ3v) is 4.37. The number of hydrogen-bond acceptors (Lipinski definition) is 4. The SMILES string of the molecule is C/C=C\CC.C=C/C=C(/C#Cc1ccc(SNCc2ccnc(C)c2)cc1)OC. The first-order chi connectivity index (χ1) is 14.1. The number of aryl methyl sites for hydroxylation is 1. The fraction of sp³-hybridized carbons (Fsp3) is 0.240. The molecule has 2 rings (SSSR count). The molecule has 0 unspecified atom stereocenters. The summed E-state index contributed by atoms with van der Waals surface area (Å²) in [6, 6.07) is 12.2. The molecule has 0 aliphatic carbocycles. The topological polar surface area (TPSA) is 34.2 Å². The highest BCUT2D eigenvalue weighted by atomic mass is 32.2. The highest BCUT2D eigenvalue weighted by Crippen LogP contribution is 2.16. The van der Waals surface area contributed by atoms with E-state index in [4.69, 9.17) is 4.74 Å². The van der Waals surface area contributed by atoms with Gasteiger partial charge < -0.3 is 4.74 Å². The second-order valence-electron chi connectivity index (χ2n) is 5.95. The third-order valence-electron chi connectivity index (χ3n) is 3.57. The predicted octanol–water partition coefficient (Wildman–Crippen LogP) is 6.23. The number of rotatable bonds is 7. The molecule has 0 spiro atoms. The van der Waals surface area contributed by atoms with E-state index in [9.17, 15) is 0 Å². The van der Waals surface area contributed by atoms with Crippen LogP contribution in [0.3, 0.4) is 0 Å². The zero-order valence-electron chi connectivity index (χ0n) is 17.7. The molecule has 0 atom stereocenters. The van der Waals surface area contributed by atoms with Gasteiger partial charge in [-0.1, -0.05) is 37.7 Å². The molecule has 3 nitrogen and oxygen atoms in total. The molecule has 0 radical (unpaired) electrons. The fourth-order valence-electron chi connectivity index (χ4n) is 2.16. The number of methoxy groups -OCH3 is 1. The Kier molecular flexibility index (Phi) is 12.7. The summed E-state index contributed by atoms with van der Waals surface area (Å²) in [4.78, 5) is 5.34. The molecule has 0 aliphatic rings. The Labute approximate surface area is 180 Å². The lowest BCUT2D eigenvalue weighted by molar-refractivity contribution is 0.311. The number of allylic oxidation sites excluding steroid dienone is 5. The lowest BCUT2D eigenvalue weighted by Gasteiger charge is -2.05. The minimum absolute atomic E-state index is 0.595. The normalized spacial score (nSPS) is 10.6. The lowest BCUT2D eigenvalue weighted by atomic mass is 10.2. The average Bonchev–Trinajstić information content (AvgIpc) is 2.73. The number of benzene rings is 1. The fourth-order valence-corrected chi connectivity index (χ4v) is 2.84. The number of ether oxygens (including phenoxy) is 1. The van der Waals surface area contributed by atoms with E-state index in [0.29, 0.717) is 5.76 Å². The van der Waals surface area contributed by atoms with Gasteiger partial charge in [-0.3, -0.25) is 9.71 Å². The van der Waals surface area contributed by atoms with Crippen molar-refractivity contribution in [1.82, 2.24) is 9.71 Å². The third kappa shape index (κ3) is 11.0. The van der Waals surface area contributed by atoms with Gasteiger partial charge >= 0.3 is 0 Å². The molecule has 1 aromatic carbocycles. The zero-order valence-corrected chi connectivity index (χ0v) is 18.6. The van der Waals surface area contributed by atoms with Gasteiger partial charge in [-0.05, 0) is 86.2 Å². The summed E-state index contributed by atoms with van der Waals surface area (Å²) < 4.78 is 8.49. The molecule has 0 saturated carbocycles. The summed E-state index contributed by atoms with van der Waals surface area (Å²) in [6.45, 7) is 10.6. The monoisotopic (exact) mass is 406 g/mol. The van der Waals surface area contributed by atoms with E-state index < -0.39 is 0 Å². The highest BCUT2D eigenvalue weighted by molar-refractivity contribution is 7.97. The Hall–Kier alpha value is -2.74. The molecule has 0 fully saturated rings. The van der Waals surface area contributed by atoms with Crippen molar-refractivity contribution in [3.63, 3.8) is 0 Å². The van der Waals surface area contributed by atoms with E-state index >= 15 is 0 Å². The molecule has 2 aromatic rings. The Morgan fingerprint density at radius 1 is 1.28 bits per heavy atom. The number of nitrogens with zero attached hydrogens (tertiary/aromatic N) is 1. The smallest absolute Gasteiger partial charge is 0.169 e. The van der Waals surface area contributed by atoms with Gasteiger partial charge in [0.2, 0.25) is 0 Å². The number of pyridine rings is 1. The Morgan fingerprint density at radius 2 is 2.03 bits per heavy atom. The van der Waals surface area contributed by atoms with Crippen LogP contribution in [-0.4, -0.2) is 12.1 Å². The molecular formula is C25H30N2OS. The van der Waals surface area contributed by atoms with E-state index in [1.165, 1.54) is 5.56 Å². The maximum atomic E-state index is 5.14. The van der Waals surface area contributed by atoms with Gasteiger partial charge in [0.05, 0.1) is 7.11 Å². The molecule has 0 bridgehead atoms. The molecule has 4 heteroatoms. The maximum absolute atomic E-state index is 5.14. The van der Waals surface area contributed by atoms with Crippen LogP contribution in [0.4, 0.5) is 0 Å². The van der Waals surface area contributed by atoms with Gasteiger partial charge in [-0.15, -0.1) is 0 Å². The van der Waals surface area contributed by atoms with E-state index in [1.54, 1.807) is 31.2 Å². The van der Waals surface area contributed by atoms with Crippen molar-refractivity contribution in [2.75, 3.05) is 7.11 Å². The van der Waals surface area contributed by atoms with Gasteiger partial charge in [0.25, 0.3) is 0 Å². The quantitative estimate of drug-likeness (QED) is 0.194. The lowest BCUT2D eigenvalue weighted by Crippen LogP contribution is -2.03. The van der Waals surface area contributed by atoms with Crippen LogP contribution in [0.5, 0.6) is 0 Å². The number of nitrogens with one attached hydrogen (secondary N) is 1. The number of aromatic nitrogens is 1. The van der Waals surface area contributed by atoms with Gasteiger partial charge in [0, 0.05) is 28.9 Å². The summed E-state index contributed by atoms with van der Waals surface area (Å²) in [5.74, 6) is 6.63. The van der Waals surface area contributed by atoms with Crippen molar-refractivity contribution in [2.24, 2.45) is 0 Å². The number of hydrogen-bond donors (Lipinski definition) is 1. The van der Waals surface area contributed by atoms with Crippen molar-refractivity contribution in [3.05, 3.63) is 96.1 Å². The molecule has 152 valence electrons. The molecule has 0 saturated heterocycles. The van der Waals surface area contributed by atoms with Crippen LogP contribution >= 0.6 is 11.9 Å². The Balaban J connectivity index is 0.000000749. The van der Waals surface area contributed by atoms with E-state index in [1.807, 2.05) is 50.4 Å². The molecule has 1 heterocycles. The first kappa shape index (κ1) is 24.3. The second kappa shape index (κ2) is 15.2. The predicted molar refractivity (Wildman–Crippen MR) is 125 cm³/mol. The first-order valence-corrected chi connectivity index (χ1v) is 10.4. The van der Waals surface area contributed by atoms with E-state index in [0.717, 1.165) is 29.1 Å². The van der Waals surface area contributed by atoms with Crippen LogP contribution in [0, 0.1) is 18.8 Å². The molecule has 0 amide bonds. The van der Waals surface area contributed by atoms with Gasteiger partial charge in [0.15, 0.2) is 5.76 Å². The first-order valence-electron chi connectivity index (χ1n) is 9.54. The summed E-state index contributed by atoms with van der Waals surface area (Å²) in [7, 11) is 1.60. The van der Waals surface area contributed by atoms with Gasteiger partial charge in [-0.2, -0.15) is 0 Å². The van der Waals surface area contributed by atoms with Crippen molar-refractivity contribution < 1.29 is 4.74 Å². The molecule has 1 N–H and O–H groups in total. The summed E-state index contributed by atoms with van der Waals surface area (Å²) in [6.07, 6.45) is 10.6. The van der Waals surface area contributed by atoms with Crippen molar-refractivity contribution >= 4 is 11.9 Å². The van der Waals surface area contributed by atoms with Crippen molar-refractivity contribution in [3.8, 4) is 11.8 Å². The summed E-state index contributed by atoms with van der Waals surface area (Å²) in [5.41, 5.74) is 3.19. The highest BCUT2D eigenvalue weighted by Gasteiger charge is 1.97. The molecule has 1 aromatic heterocycles. The van der Waals surface area contributed by atoms with Gasteiger partial charge in [0.1, 0.15) is 0 Å². The van der Waals surface area contributed by atoms with Crippen molar-refractivity contribution in [1.29, 1.82) is 0 Å². The average molecular weight is 407 g/mol. The van der Waals surface area contributed by atoms with Crippen LogP contribution in [0.1, 0.15) is 37.1 Å². The summed E-state index contributed by atoms with van der Waals surface area (Å²) >= 11 is 1.60. The Bertz CT molecular complexity index is 858. The standard InChI is InChI=1S/C20H20N2OS.C5H10/c1-4-5-19(23-3)9-6-17-7-10-20(11-8-17)24-22-15-18-12-13-21-16(2)14-18;1-3-5-4-2/h4-5,7-8,10-14,22H,1,15H2,2-3H3;3,5H,4H2,1-2H3/b19-5-;5-3-. The Morgan fingerprint density at radius 3 is 2.59 bits per heavy atom. The van der Waals surface area contributed by atoms with Crippen LogP contribution < -0.4 is 4.72 Å². The molecular weight excluding hydrogens is 376 g/mol. The van der Waals surface area contributed by atoms with Gasteiger partial charge in [-0.25, -0.2) is 0 Å². The van der Waals surface area contributed by atoms with Crippen LogP contribution in [0.15, 0.2) is 84.1 Å². The summed E-state index contributed by atoms with van der Waals surface area (Å²) in [5, 5.41) is 0. The second-order valence-corrected chi connectivity index (χ2v) is 6.92.